The summed E-state index contributed by atoms with van der Waals surface area (Å²) in [6.45, 7) is 1.58. The third kappa shape index (κ3) is 11.9. The minimum atomic E-state index is -1.20. The van der Waals surface area contributed by atoms with Crippen LogP contribution in [0.2, 0.25) is 10.0 Å². The van der Waals surface area contributed by atoms with Crippen molar-refractivity contribution in [2.45, 2.75) is 58.2 Å². The Balaban J connectivity index is 0.00000222. The van der Waals surface area contributed by atoms with Crippen LogP contribution in [0.5, 0.6) is 5.75 Å². The van der Waals surface area contributed by atoms with Gasteiger partial charge in [-0.25, -0.2) is 0 Å². The van der Waals surface area contributed by atoms with Crippen LogP contribution in [0.15, 0.2) is 143 Å². The van der Waals surface area contributed by atoms with Crippen LogP contribution < -0.4 is 11.2 Å². The van der Waals surface area contributed by atoms with Crippen LogP contribution in [0.4, 0.5) is 0 Å². The van der Waals surface area contributed by atoms with Crippen molar-refractivity contribution in [1.82, 2.24) is 29.7 Å². The number of phenolic OH excluding ortho intramolecular Hbond substituents is 1. The second-order valence-electron chi connectivity index (χ2n) is 15.7. The number of aromatic hydroxyl groups is 1. The number of aliphatic carboxylic acids is 1. The maximum absolute atomic E-state index is 14.5. The van der Waals surface area contributed by atoms with Crippen molar-refractivity contribution in [2.24, 2.45) is 5.73 Å². The molecule has 68 heavy (non-hydrogen) atoms. The molecule has 0 fully saturated rings. The fraction of sp³-hybridized carbons (Fsp3) is 0.176. The summed E-state index contributed by atoms with van der Waals surface area (Å²) in [5.74, 6) is -1.52. The number of aromatic nitrogens is 4. The number of pyridine rings is 4. The molecule has 1 aliphatic carbocycles. The van der Waals surface area contributed by atoms with E-state index in [4.69, 9.17) is 42.9 Å². The first-order valence-corrected chi connectivity index (χ1v) is 22.0. The number of carbonyl (C=O) groups excluding carboxylic acids is 3. The quantitative estimate of drug-likeness (QED) is 0.0543. The van der Waals surface area contributed by atoms with Crippen molar-refractivity contribution in [2.75, 3.05) is 0 Å². The average molecular weight is 953 g/mol. The Labute approximate surface area is 399 Å². The summed E-state index contributed by atoms with van der Waals surface area (Å²) in [6, 6.07) is 31.4. The van der Waals surface area contributed by atoms with E-state index in [1.165, 1.54) is 0 Å². The van der Waals surface area contributed by atoms with Gasteiger partial charge in [-0.3, -0.25) is 44.1 Å². The maximum atomic E-state index is 14.5. The molecule has 0 amide bonds. The molecule has 0 radical (unpaired) electrons. The second-order valence-corrected chi connectivity index (χ2v) is 16.5. The van der Waals surface area contributed by atoms with E-state index < -0.39 is 17.4 Å². The molecule has 15 nitrogen and oxygen atoms in total. The van der Waals surface area contributed by atoms with E-state index in [-0.39, 0.29) is 70.6 Å². The number of nitrogens with zero attached hydrogens (tertiary/aromatic N) is 6. The molecule has 1 aliphatic heterocycles. The van der Waals surface area contributed by atoms with Gasteiger partial charge in [-0.05, 0) is 78.7 Å². The Hall–Kier alpha value is -7.49. The van der Waals surface area contributed by atoms with Crippen molar-refractivity contribution in [3.63, 3.8) is 0 Å². The van der Waals surface area contributed by atoms with Crippen LogP contribution in [0.25, 0.3) is 33.4 Å². The summed E-state index contributed by atoms with van der Waals surface area (Å²) in [5, 5.41) is 21.8. The molecular weight excluding hydrogens is 910 g/mol. The highest BCUT2D eigenvalue weighted by molar-refractivity contribution is 6.33. The van der Waals surface area contributed by atoms with Crippen molar-refractivity contribution in [1.29, 1.82) is 0 Å². The molecule has 4 aromatic heterocycles. The zero-order chi connectivity index (χ0) is 48.2. The summed E-state index contributed by atoms with van der Waals surface area (Å²) >= 11 is 13.9. The number of phenols is 1. The number of halogens is 2. The van der Waals surface area contributed by atoms with Crippen LogP contribution in [0.3, 0.4) is 0 Å². The molecular formula is C51H43Cl2N7O8. The fourth-order valence-corrected chi connectivity index (χ4v) is 8.31. The van der Waals surface area contributed by atoms with Gasteiger partial charge in [-0.1, -0.05) is 65.7 Å². The summed E-state index contributed by atoms with van der Waals surface area (Å²) in [6.07, 6.45) is 6.93. The molecule has 0 saturated heterocycles. The van der Waals surface area contributed by atoms with Gasteiger partial charge in [0, 0.05) is 92.6 Å². The number of ketones is 1. The monoisotopic (exact) mass is 951 g/mol. The lowest BCUT2D eigenvalue weighted by atomic mass is 9.89. The standard InChI is InChI=1S/C50H43Cl2N7O6.CO2/c51-41-23-37-45(32-11-9-10-31(22-32)44(60)17-16-43(53)50(63)64)38-24-42(52)47(62)40(30-59(27-35-14-3-7-20-56-35)28-36-15-4-8-21-57-36)49(38)65-48(37)39(46(41)61)29-58(25-33-12-1-5-18-54-33)26-34-13-2-6-19-55-34;2-1-3/h1-15,18-24,43,61H,16-17,25-30,53H2,(H,63,64);. The van der Waals surface area contributed by atoms with Gasteiger partial charge < -0.3 is 20.4 Å². The maximum Gasteiger partial charge on any atom is 0.373 e. The fourth-order valence-electron chi connectivity index (χ4n) is 7.86. The van der Waals surface area contributed by atoms with Gasteiger partial charge in [0.15, 0.2) is 5.78 Å². The van der Waals surface area contributed by atoms with Gasteiger partial charge in [-0.2, -0.15) is 9.59 Å². The molecule has 344 valence electrons. The lowest BCUT2D eigenvalue weighted by Gasteiger charge is -2.26. The number of rotatable bonds is 18. The van der Waals surface area contributed by atoms with Gasteiger partial charge >= 0.3 is 12.1 Å². The van der Waals surface area contributed by atoms with Crippen LogP contribution in [0.1, 0.15) is 57.1 Å². The smallest absolute Gasteiger partial charge is 0.373 e. The van der Waals surface area contributed by atoms with Crippen LogP contribution in [0, 0.1) is 0 Å². The van der Waals surface area contributed by atoms with Gasteiger partial charge in [0.2, 0.25) is 5.43 Å². The molecule has 8 rings (SSSR count). The van der Waals surface area contributed by atoms with Gasteiger partial charge in [0.05, 0.1) is 43.9 Å². The van der Waals surface area contributed by atoms with E-state index in [1.54, 1.807) is 55.1 Å². The Morgan fingerprint density at radius 2 is 1.18 bits per heavy atom. The molecule has 6 aromatic rings. The molecule has 0 bridgehead atoms. The van der Waals surface area contributed by atoms with Crippen LogP contribution in [-0.4, -0.2) is 63.9 Å². The number of hydrogen-bond acceptors (Lipinski definition) is 14. The zero-order valence-corrected chi connectivity index (χ0v) is 37.8. The van der Waals surface area contributed by atoms with Crippen molar-refractivity contribution in [3.05, 3.63) is 194 Å². The number of carboxylic acids is 1. The van der Waals surface area contributed by atoms with E-state index in [0.717, 1.165) is 22.8 Å². The van der Waals surface area contributed by atoms with Crippen molar-refractivity contribution < 1.29 is 33.8 Å². The summed E-state index contributed by atoms with van der Waals surface area (Å²) in [4.78, 5) is 78.2. The first-order valence-electron chi connectivity index (χ1n) is 21.2. The molecule has 2 aliphatic rings. The highest BCUT2D eigenvalue weighted by atomic mass is 35.5. The lowest BCUT2D eigenvalue weighted by molar-refractivity contribution is -0.191. The highest BCUT2D eigenvalue weighted by Gasteiger charge is 2.29. The van der Waals surface area contributed by atoms with Crippen molar-refractivity contribution >= 4 is 52.1 Å². The predicted molar refractivity (Wildman–Crippen MR) is 253 cm³/mol. The largest absolute Gasteiger partial charge is 0.506 e. The number of carboxylic acid groups (broad SMARTS) is 1. The highest BCUT2D eigenvalue weighted by Crippen LogP contribution is 2.47. The summed E-state index contributed by atoms with van der Waals surface area (Å²) in [7, 11) is 0. The summed E-state index contributed by atoms with van der Waals surface area (Å²) < 4.78 is 6.98. The Morgan fingerprint density at radius 3 is 1.65 bits per heavy atom. The predicted octanol–water partition coefficient (Wildman–Crippen LogP) is 8.35. The lowest BCUT2D eigenvalue weighted by Crippen LogP contribution is -2.30. The number of fused-ring (bicyclic) bond motifs is 2. The normalized spacial score (nSPS) is 11.6. The van der Waals surface area contributed by atoms with Crippen molar-refractivity contribution in [3.8, 4) is 28.2 Å². The number of hydrogen-bond donors (Lipinski definition) is 3. The summed E-state index contributed by atoms with van der Waals surface area (Å²) in [5.41, 5.74) is 11.1. The minimum Gasteiger partial charge on any atom is -0.506 e. The third-order valence-corrected chi connectivity index (χ3v) is 11.6. The number of benzene rings is 3. The first kappa shape index (κ1) is 48.4. The van der Waals surface area contributed by atoms with E-state index in [9.17, 15) is 24.6 Å². The topological polar surface area (TPSA) is 223 Å². The zero-order valence-electron chi connectivity index (χ0n) is 36.3. The molecule has 5 heterocycles. The minimum absolute atomic E-state index is 0.0393. The van der Waals surface area contributed by atoms with Crippen LogP contribution >= 0.6 is 23.2 Å². The van der Waals surface area contributed by atoms with E-state index in [2.05, 4.69) is 24.8 Å². The molecule has 1 unspecified atom stereocenters. The average Bonchev–Trinajstić information content (AvgIpc) is 3.34. The Morgan fingerprint density at radius 1 is 0.676 bits per heavy atom. The molecule has 1 atom stereocenters. The molecule has 2 aromatic carbocycles. The second kappa shape index (κ2) is 22.8. The number of carbonyl (C=O) groups is 2. The first-order chi connectivity index (χ1) is 32.9. The number of Topliss-reactive ketones (excluding diaryl/α,β-unsaturated/α-hetero) is 1. The SMILES string of the molecule is NC(CCC(=O)c1cccc(-c2c3cc(Cl)c(=O)c(CN(Cc4ccccn4)Cc4ccccn4)c-3oc3c(CN(Cc4ccccn4)Cc4ccccn4)c(O)c(Cl)cc23)c1)C(=O)O.O=C=O. The Kier molecular flexibility index (Phi) is 16.2. The molecule has 0 saturated carbocycles. The van der Waals surface area contributed by atoms with Gasteiger partial charge in [-0.15, -0.1) is 0 Å². The van der Waals surface area contributed by atoms with Gasteiger partial charge in [0.1, 0.15) is 23.1 Å². The van der Waals surface area contributed by atoms with Crippen LogP contribution in [-0.2, 0) is 53.7 Å². The Bertz CT molecular complexity index is 3000. The molecule has 4 N–H and O–H groups in total. The molecule has 17 heteroatoms. The number of nitrogens with two attached hydrogens (primary N) is 1. The molecule has 0 spiro atoms. The van der Waals surface area contributed by atoms with E-state index in [0.29, 0.717) is 59.4 Å². The van der Waals surface area contributed by atoms with E-state index >= 15 is 0 Å². The van der Waals surface area contributed by atoms with E-state index in [1.807, 2.05) is 83.8 Å². The van der Waals surface area contributed by atoms with Gasteiger partial charge in [0.25, 0.3) is 0 Å². The third-order valence-electron chi connectivity index (χ3n) is 11.0.